The van der Waals surface area contributed by atoms with Crippen LogP contribution in [-0.2, 0) is 11.3 Å². The molecule has 0 aliphatic carbocycles. The normalized spacial score (nSPS) is 17.3. The second kappa shape index (κ2) is 10.2. The molecule has 0 bridgehead atoms. The number of carbonyl (C=O) groups excluding carboxylic acids is 1. The molecule has 1 aromatic carbocycles. The lowest BCUT2D eigenvalue weighted by Gasteiger charge is -2.32. The highest BCUT2D eigenvalue weighted by Gasteiger charge is 2.21. The predicted octanol–water partition coefficient (Wildman–Crippen LogP) is 4.64. The first-order chi connectivity index (χ1) is 14.3. The molecule has 1 atom stereocenters. The van der Waals surface area contributed by atoms with Crippen LogP contribution in [0.1, 0.15) is 49.3 Å². The maximum absolute atomic E-state index is 13.7. The van der Waals surface area contributed by atoms with Crippen molar-refractivity contribution in [3.8, 4) is 11.8 Å². The van der Waals surface area contributed by atoms with Crippen LogP contribution in [0.2, 0.25) is 0 Å². The Labute approximate surface area is 182 Å². The summed E-state index contributed by atoms with van der Waals surface area (Å²) in [6, 6.07) is 10.4. The minimum absolute atomic E-state index is 0.134. The van der Waals surface area contributed by atoms with Crippen molar-refractivity contribution in [3.63, 3.8) is 0 Å². The maximum Gasteiger partial charge on any atom is 0.224 e. The van der Waals surface area contributed by atoms with Crippen molar-refractivity contribution >= 4 is 22.9 Å². The molecule has 1 saturated heterocycles. The molecular formula is C24H29FN2O2S. The van der Waals surface area contributed by atoms with E-state index in [1.54, 1.807) is 43.4 Å². The molecular weight excluding hydrogens is 399 g/mol. The van der Waals surface area contributed by atoms with Gasteiger partial charge in [-0.3, -0.25) is 9.69 Å². The molecule has 3 rings (SSSR count). The molecule has 4 nitrogen and oxygen atoms in total. The number of nitrogens with zero attached hydrogens (tertiary/aromatic N) is 1. The fourth-order valence-corrected chi connectivity index (χ4v) is 4.51. The van der Waals surface area contributed by atoms with E-state index in [0.717, 1.165) is 43.8 Å². The van der Waals surface area contributed by atoms with Gasteiger partial charge < -0.3 is 10.4 Å². The monoisotopic (exact) mass is 428 g/mol. The number of hydrogen-bond acceptors (Lipinski definition) is 4. The molecule has 0 spiro atoms. The number of carbonyl (C=O) groups is 1. The van der Waals surface area contributed by atoms with E-state index in [0.29, 0.717) is 12.3 Å². The zero-order valence-corrected chi connectivity index (χ0v) is 18.4. The Hall–Kier alpha value is -2.20. The summed E-state index contributed by atoms with van der Waals surface area (Å²) in [5.74, 6) is 5.82. The van der Waals surface area contributed by atoms with Crippen molar-refractivity contribution in [2.45, 2.75) is 51.7 Å². The molecule has 1 amide bonds. The summed E-state index contributed by atoms with van der Waals surface area (Å²) in [6.45, 7) is 6.26. The summed E-state index contributed by atoms with van der Waals surface area (Å²) in [5.41, 5.74) is -0.739. The van der Waals surface area contributed by atoms with E-state index in [4.69, 9.17) is 0 Å². The van der Waals surface area contributed by atoms with E-state index in [1.807, 2.05) is 6.07 Å². The minimum atomic E-state index is -0.983. The third kappa shape index (κ3) is 7.24. The second-order valence-electron chi connectivity index (χ2n) is 8.39. The van der Waals surface area contributed by atoms with Gasteiger partial charge in [-0.05, 0) is 69.8 Å². The molecule has 6 heteroatoms. The van der Waals surface area contributed by atoms with Gasteiger partial charge in [0, 0.05) is 24.4 Å². The molecule has 1 aromatic heterocycles. The maximum atomic E-state index is 13.7. The van der Waals surface area contributed by atoms with Gasteiger partial charge in [-0.15, -0.1) is 11.3 Å². The largest absolute Gasteiger partial charge is 0.378 e. The Bertz CT molecular complexity index is 923. The Morgan fingerprint density at radius 3 is 2.90 bits per heavy atom. The fourth-order valence-electron chi connectivity index (χ4n) is 3.61. The van der Waals surface area contributed by atoms with E-state index >= 15 is 0 Å². The van der Waals surface area contributed by atoms with Gasteiger partial charge in [0.15, 0.2) is 0 Å². The molecule has 2 aromatic rings. The number of para-hydroxylation sites is 1. The molecule has 1 aliphatic heterocycles. The number of anilines is 1. The zero-order valence-electron chi connectivity index (χ0n) is 17.6. The van der Waals surface area contributed by atoms with Gasteiger partial charge in [-0.25, -0.2) is 4.39 Å². The van der Waals surface area contributed by atoms with Crippen LogP contribution in [0, 0.1) is 23.6 Å². The fraction of sp³-hybridized carbons (Fsp3) is 0.458. The lowest BCUT2D eigenvalue weighted by Crippen LogP contribution is -2.35. The molecule has 0 saturated carbocycles. The van der Waals surface area contributed by atoms with E-state index in [1.165, 1.54) is 10.9 Å². The van der Waals surface area contributed by atoms with E-state index in [2.05, 4.69) is 28.1 Å². The van der Waals surface area contributed by atoms with Crippen LogP contribution in [0.3, 0.4) is 0 Å². The molecule has 1 unspecified atom stereocenters. The quantitative estimate of drug-likeness (QED) is 0.659. The number of amides is 1. The van der Waals surface area contributed by atoms with Crippen molar-refractivity contribution in [2.24, 2.45) is 5.92 Å². The van der Waals surface area contributed by atoms with Crippen LogP contribution >= 0.6 is 11.3 Å². The molecule has 2 heterocycles. The summed E-state index contributed by atoms with van der Waals surface area (Å²) >= 11 is 1.66. The van der Waals surface area contributed by atoms with Gasteiger partial charge in [-0.1, -0.05) is 24.0 Å². The average Bonchev–Trinajstić information content (AvgIpc) is 3.14. The van der Waals surface area contributed by atoms with Crippen LogP contribution in [0.4, 0.5) is 10.1 Å². The van der Waals surface area contributed by atoms with Gasteiger partial charge in [0.1, 0.15) is 11.4 Å². The second-order valence-corrected chi connectivity index (χ2v) is 9.55. The van der Waals surface area contributed by atoms with Gasteiger partial charge in [0.2, 0.25) is 5.91 Å². The van der Waals surface area contributed by atoms with Gasteiger partial charge >= 0.3 is 0 Å². The number of halogens is 1. The van der Waals surface area contributed by atoms with E-state index in [-0.39, 0.29) is 11.6 Å². The first-order valence-electron chi connectivity index (χ1n) is 10.4. The summed E-state index contributed by atoms with van der Waals surface area (Å²) < 4.78 is 13.7. The molecule has 30 heavy (non-hydrogen) atoms. The number of rotatable bonds is 6. The summed E-state index contributed by atoms with van der Waals surface area (Å²) in [4.78, 5) is 16.8. The van der Waals surface area contributed by atoms with E-state index in [9.17, 15) is 14.3 Å². The van der Waals surface area contributed by atoms with Crippen molar-refractivity contribution in [2.75, 3.05) is 18.4 Å². The van der Waals surface area contributed by atoms with Crippen LogP contribution in [0.15, 0.2) is 36.4 Å². The first-order valence-corrected chi connectivity index (χ1v) is 11.2. The van der Waals surface area contributed by atoms with Crippen LogP contribution in [-0.4, -0.2) is 34.6 Å². The molecule has 1 fully saturated rings. The third-order valence-corrected chi connectivity index (χ3v) is 6.05. The number of nitrogens with one attached hydrogen (secondary N) is 1. The minimum Gasteiger partial charge on any atom is -0.378 e. The molecule has 0 radical (unpaired) electrons. The van der Waals surface area contributed by atoms with Gasteiger partial charge in [0.25, 0.3) is 0 Å². The zero-order chi connectivity index (χ0) is 21.6. The Balaban J connectivity index is 1.46. The molecule has 2 N–H and O–H groups in total. The number of piperidine rings is 1. The van der Waals surface area contributed by atoms with Crippen LogP contribution < -0.4 is 5.32 Å². The summed E-state index contributed by atoms with van der Waals surface area (Å²) in [7, 11) is 0. The highest BCUT2D eigenvalue weighted by atomic mass is 32.1. The lowest BCUT2D eigenvalue weighted by molar-refractivity contribution is -0.116. The number of hydrogen-bond donors (Lipinski definition) is 2. The number of benzene rings is 1. The van der Waals surface area contributed by atoms with Crippen molar-refractivity contribution in [3.05, 3.63) is 52.0 Å². The van der Waals surface area contributed by atoms with Crippen molar-refractivity contribution in [1.29, 1.82) is 0 Å². The SMILES string of the molecule is CC(C)(O)C#Cc1ccc(CN2CCCC(CCC(=O)Nc3ccccc3F)C2)s1. The van der Waals surface area contributed by atoms with Crippen LogP contribution in [0.25, 0.3) is 0 Å². The highest BCUT2D eigenvalue weighted by Crippen LogP contribution is 2.25. The number of thiophene rings is 1. The predicted molar refractivity (Wildman–Crippen MR) is 120 cm³/mol. The van der Waals surface area contributed by atoms with Gasteiger partial charge in [0.05, 0.1) is 10.6 Å². The summed E-state index contributed by atoms with van der Waals surface area (Å²) in [5, 5.41) is 12.4. The topological polar surface area (TPSA) is 52.6 Å². The van der Waals surface area contributed by atoms with E-state index < -0.39 is 11.4 Å². The summed E-state index contributed by atoms with van der Waals surface area (Å²) in [6.07, 6.45) is 3.46. The Kier molecular flexibility index (Phi) is 7.65. The van der Waals surface area contributed by atoms with Crippen LogP contribution in [0.5, 0.6) is 0 Å². The van der Waals surface area contributed by atoms with Crippen molar-refractivity contribution in [1.82, 2.24) is 4.90 Å². The Morgan fingerprint density at radius 2 is 2.13 bits per heavy atom. The molecule has 160 valence electrons. The highest BCUT2D eigenvalue weighted by molar-refractivity contribution is 7.12. The smallest absolute Gasteiger partial charge is 0.224 e. The van der Waals surface area contributed by atoms with Crippen molar-refractivity contribution < 1.29 is 14.3 Å². The van der Waals surface area contributed by atoms with Gasteiger partial charge in [-0.2, -0.15) is 0 Å². The number of aliphatic hydroxyl groups is 1. The average molecular weight is 429 g/mol. The standard InChI is InChI=1S/C24H29FN2O2S/c1-24(2,29)14-13-19-10-11-20(30-19)17-27-15-5-6-18(16-27)9-12-23(28)26-22-8-4-3-7-21(22)25/h3-4,7-8,10-11,18,29H,5-6,9,12,15-17H2,1-2H3,(H,26,28). The third-order valence-electron chi connectivity index (χ3n) is 5.06. The first kappa shape index (κ1) is 22.5. The number of likely N-dealkylation sites (tertiary alicyclic amines) is 1. The lowest BCUT2D eigenvalue weighted by atomic mass is 9.93. The molecule has 1 aliphatic rings. The Morgan fingerprint density at radius 1 is 1.33 bits per heavy atom.